The van der Waals surface area contributed by atoms with Gasteiger partial charge in [0.05, 0.1) is 6.54 Å². The number of nitrogens with one attached hydrogen (secondary N) is 2. The Morgan fingerprint density at radius 2 is 1.38 bits per heavy atom. The summed E-state index contributed by atoms with van der Waals surface area (Å²) in [4.78, 5) is 25.9. The fraction of sp³-hybridized carbons (Fsp3) is 0.130. The zero-order chi connectivity index (χ0) is 20.5. The Bertz CT molecular complexity index is 946. The molecule has 0 aliphatic rings. The first-order valence-electron chi connectivity index (χ1n) is 9.24. The number of hydrogen-bond donors (Lipinski definition) is 2. The number of carbonyl (C=O) groups is 2. The minimum Gasteiger partial charge on any atom is -0.483 e. The Labute approximate surface area is 170 Å². The Hall–Kier alpha value is -3.80. The molecule has 6 heteroatoms. The molecule has 0 aliphatic carbocycles. The monoisotopic (exact) mass is 389 g/mol. The van der Waals surface area contributed by atoms with Crippen LogP contribution >= 0.6 is 0 Å². The first-order chi connectivity index (χ1) is 14.1. The number of rotatable bonds is 7. The smallest absolute Gasteiger partial charge is 0.276 e. The van der Waals surface area contributed by atoms with E-state index in [0.717, 1.165) is 16.8 Å². The minimum atomic E-state index is -0.441. The van der Waals surface area contributed by atoms with Crippen molar-refractivity contribution in [3.05, 3.63) is 84.9 Å². The van der Waals surface area contributed by atoms with Crippen LogP contribution in [0.5, 0.6) is 5.75 Å². The number of carbonyl (C=O) groups excluding carboxylic acids is 2. The van der Waals surface area contributed by atoms with Crippen molar-refractivity contribution in [2.45, 2.75) is 0 Å². The normalized spacial score (nSPS) is 10.1. The molecule has 0 fully saturated rings. The van der Waals surface area contributed by atoms with Crippen LogP contribution in [0, 0.1) is 0 Å². The molecule has 2 N–H and O–H groups in total. The van der Waals surface area contributed by atoms with Crippen molar-refractivity contribution in [1.29, 1.82) is 0 Å². The van der Waals surface area contributed by atoms with E-state index in [1.165, 1.54) is 0 Å². The molecule has 29 heavy (non-hydrogen) atoms. The number of anilines is 1. The summed E-state index contributed by atoms with van der Waals surface area (Å²) in [6.45, 7) is -0.0966. The van der Waals surface area contributed by atoms with Crippen molar-refractivity contribution in [2.24, 2.45) is 0 Å². The fourth-order valence-electron chi connectivity index (χ4n) is 2.80. The Balaban J connectivity index is 1.48. The van der Waals surface area contributed by atoms with Crippen molar-refractivity contribution in [2.75, 3.05) is 25.1 Å². The lowest BCUT2D eigenvalue weighted by Gasteiger charge is -2.18. The summed E-state index contributed by atoms with van der Waals surface area (Å²) in [6, 6.07) is 26.8. The Kier molecular flexibility index (Phi) is 6.84. The van der Waals surface area contributed by atoms with E-state index < -0.39 is 5.91 Å². The molecule has 2 amide bonds. The molecule has 0 atom stereocenters. The van der Waals surface area contributed by atoms with Gasteiger partial charge in [-0.25, -0.2) is 0 Å². The topological polar surface area (TPSA) is 70.7 Å². The molecular formula is C23H23N3O3. The summed E-state index contributed by atoms with van der Waals surface area (Å²) in [6.07, 6.45) is 0. The SMILES string of the molecule is CN(CC(=O)NNC(=O)COc1ccccc1-c1ccccc1)c1ccccc1. The molecule has 0 spiro atoms. The number of hydrazine groups is 1. The fourth-order valence-corrected chi connectivity index (χ4v) is 2.80. The predicted octanol–water partition coefficient (Wildman–Crippen LogP) is 3.02. The molecular weight excluding hydrogens is 366 g/mol. The third-order valence-electron chi connectivity index (χ3n) is 4.25. The summed E-state index contributed by atoms with van der Waals surface area (Å²) in [7, 11) is 1.81. The highest BCUT2D eigenvalue weighted by Crippen LogP contribution is 2.29. The van der Waals surface area contributed by atoms with Gasteiger partial charge in [-0.05, 0) is 23.8 Å². The third-order valence-corrected chi connectivity index (χ3v) is 4.25. The van der Waals surface area contributed by atoms with Crippen molar-refractivity contribution < 1.29 is 14.3 Å². The average Bonchev–Trinajstić information content (AvgIpc) is 2.77. The maximum atomic E-state index is 12.1. The molecule has 0 radical (unpaired) electrons. The van der Waals surface area contributed by atoms with Gasteiger partial charge in [0, 0.05) is 18.3 Å². The largest absolute Gasteiger partial charge is 0.483 e. The van der Waals surface area contributed by atoms with E-state index in [1.807, 2.05) is 84.9 Å². The van der Waals surface area contributed by atoms with Crippen LogP contribution in [0.3, 0.4) is 0 Å². The zero-order valence-corrected chi connectivity index (χ0v) is 16.2. The zero-order valence-electron chi connectivity index (χ0n) is 16.2. The van der Waals surface area contributed by atoms with Crippen molar-refractivity contribution >= 4 is 17.5 Å². The van der Waals surface area contributed by atoms with E-state index in [0.29, 0.717) is 5.75 Å². The maximum absolute atomic E-state index is 12.1. The molecule has 6 nitrogen and oxygen atoms in total. The van der Waals surface area contributed by atoms with Gasteiger partial charge in [0.15, 0.2) is 6.61 Å². The molecule has 0 unspecified atom stereocenters. The molecule has 0 saturated carbocycles. The summed E-state index contributed by atoms with van der Waals surface area (Å²) in [5.41, 5.74) is 7.59. The van der Waals surface area contributed by atoms with E-state index in [9.17, 15) is 9.59 Å². The van der Waals surface area contributed by atoms with Crippen molar-refractivity contribution in [3.63, 3.8) is 0 Å². The molecule has 0 heterocycles. The molecule has 0 saturated heterocycles. The number of likely N-dealkylation sites (N-methyl/N-ethyl adjacent to an activating group) is 1. The van der Waals surface area contributed by atoms with Gasteiger partial charge in [-0.15, -0.1) is 0 Å². The van der Waals surface area contributed by atoms with E-state index >= 15 is 0 Å². The number of para-hydroxylation sites is 2. The highest BCUT2D eigenvalue weighted by atomic mass is 16.5. The number of benzene rings is 3. The molecule has 3 aromatic rings. The predicted molar refractivity (Wildman–Crippen MR) is 113 cm³/mol. The first-order valence-corrected chi connectivity index (χ1v) is 9.24. The molecule has 3 rings (SSSR count). The second-order valence-electron chi connectivity index (χ2n) is 6.44. The van der Waals surface area contributed by atoms with Crippen LogP contribution in [0.4, 0.5) is 5.69 Å². The Morgan fingerprint density at radius 3 is 2.10 bits per heavy atom. The van der Waals surface area contributed by atoms with Crippen LogP contribution in [-0.2, 0) is 9.59 Å². The van der Waals surface area contributed by atoms with E-state index in [4.69, 9.17) is 4.74 Å². The number of hydrogen-bond acceptors (Lipinski definition) is 4. The lowest BCUT2D eigenvalue weighted by atomic mass is 10.1. The number of amides is 2. The average molecular weight is 389 g/mol. The standard InChI is InChI=1S/C23H23N3O3/c1-26(19-12-6-3-7-13-19)16-22(27)24-25-23(28)17-29-21-15-9-8-14-20(21)18-10-4-2-5-11-18/h2-15H,16-17H2,1H3,(H,24,27)(H,25,28). The van der Waals surface area contributed by atoms with Gasteiger partial charge in [0.1, 0.15) is 5.75 Å². The first kappa shape index (κ1) is 19.9. The quantitative estimate of drug-likeness (QED) is 0.610. The number of nitrogens with zero attached hydrogens (tertiary/aromatic N) is 1. The van der Waals surface area contributed by atoms with Gasteiger partial charge >= 0.3 is 0 Å². The summed E-state index contributed by atoms with van der Waals surface area (Å²) in [5.74, 6) is -0.165. The summed E-state index contributed by atoms with van der Waals surface area (Å²) >= 11 is 0. The highest BCUT2D eigenvalue weighted by Gasteiger charge is 2.11. The molecule has 0 aromatic heterocycles. The second-order valence-corrected chi connectivity index (χ2v) is 6.44. The van der Waals surface area contributed by atoms with Gasteiger partial charge in [0.25, 0.3) is 11.8 Å². The maximum Gasteiger partial charge on any atom is 0.276 e. The highest BCUT2D eigenvalue weighted by molar-refractivity contribution is 5.85. The van der Waals surface area contributed by atoms with Gasteiger partial charge in [-0.3, -0.25) is 20.4 Å². The Morgan fingerprint density at radius 1 is 0.793 bits per heavy atom. The summed E-state index contributed by atoms with van der Waals surface area (Å²) < 4.78 is 5.66. The van der Waals surface area contributed by atoms with Crippen molar-refractivity contribution in [1.82, 2.24) is 10.9 Å². The van der Waals surface area contributed by atoms with Crippen LogP contribution < -0.4 is 20.5 Å². The lowest BCUT2D eigenvalue weighted by molar-refractivity contribution is -0.129. The van der Waals surface area contributed by atoms with Crippen LogP contribution in [0.15, 0.2) is 84.9 Å². The summed E-state index contributed by atoms with van der Waals surface area (Å²) in [5, 5.41) is 0. The van der Waals surface area contributed by atoms with E-state index in [-0.39, 0.29) is 19.1 Å². The van der Waals surface area contributed by atoms with Gasteiger partial charge in [0.2, 0.25) is 0 Å². The van der Waals surface area contributed by atoms with Gasteiger partial charge in [-0.1, -0.05) is 66.7 Å². The van der Waals surface area contributed by atoms with Gasteiger partial charge in [-0.2, -0.15) is 0 Å². The molecule has 0 aliphatic heterocycles. The van der Waals surface area contributed by atoms with E-state index in [2.05, 4.69) is 10.9 Å². The molecule has 148 valence electrons. The lowest BCUT2D eigenvalue weighted by Crippen LogP contribution is -2.47. The van der Waals surface area contributed by atoms with Crippen LogP contribution in [0.2, 0.25) is 0 Å². The van der Waals surface area contributed by atoms with Crippen LogP contribution in [0.25, 0.3) is 11.1 Å². The van der Waals surface area contributed by atoms with Crippen LogP contribution in [0.1, 0.15) is 0 Å². The molecule has 3 aromatic carbocycles. The second kappa shape index (κ2) is 9.94. The van der Waals surface area contributed by atoms with E-state index in [1.54, 1.807) is 11.9 Å². The number of ether oxygens (including phenoxy) is 1. The minimum absolute atomic E-state index is 0.113. The van der Waals surface area contributed by atoms with Crippen molar-refractivity contribution in [3.8, 4) is 16.9 Å². The molecule has 0 bridgehead atoms. The van der Waals surface area contributed by atoms with Crippen LogP contribution in [-0.4, -0.2) is 32.0 Å². The third kappa shape index (κ3) is 5.84. The van der Waals surface area contributed by atoms with Gasteiger partial charge < -0.3 is 9.64 Å².